The minimum Gasteiger partial charge on any atom is -0.120 e. The summed E-state index contributed by atoms with van der Waals surface area (Å²) in [5.74, 6) is 0. The molecule has 0 bridgehead atoms. The fourth-order valence-corrected chi connectivity index (χ4v) is 2.58. The lowest BCUT2D eigenvalue weighted by Crippen LogP contribution is -2.12. The second kappa shape index (κ2) is 4.44. The molecule has 0 fully saturated rings. The molecular weight excluding hydrogens is 212 g/mol. The van der Waals surface area contributed by atoms with E-state index in [9.17, 15) is 0 Å². The highest BCUT2D eigenvalue weighted by Crippen LogP contribution is 2.35. The quantitative estimate of drug-likeness (QED) is 0.605. The maximum atomic E-state index is 2.33. The van der Waals surface area contributed by atoms with Crippen LogP contribution >= 0.6 is 11.8 Å². The molecule has 1 aromatic rings. The van der Waals surface area contributed by atoms with Crippen molar-refractivity contribution in [3.63, 3.8) is 0 Å². The average Bonchev–Trinajstić information content (AvgIpc) is 2.04. The number of rotatable bonds is 1. The maximum absolute atomic E-state index is 2.33. The third kappa shape index (κ3) is 3.86. The molecule has 0 N–H and O–H groups in total. The zero-order chi connectivity index (χ0) is 12.6. The fourth-order valence-electron chi connectivity index (χ4n) is 1.56. The molecule has 0 heterocycles. The summed E-state index contributed by atoms with van der Waals surface area (Å²) in [4.78, 5) is 1.40. The topological polar surface area (TPSA) is 0 Å². The SMILES string of the molecule is Cc1cc(C(C)(C)C)ccc1SC(C)(C)C. The minimum atomic E-state index is 0.246. The van der Waals surface area contributed by atoms with E-state index in [-0.39, 0.29) is 10.2 Å². The van der Waals surface area contributed by atoms with Gasteiger partial charge in [0.1, 0.15) is 0 Å². The molecule has 1 aromatic carbocycles. The molecule has 0 aromatic heterocycles. The number of hydrogen-bond donors (Lipinski definition) is 0. The van der Waals surface area contributed by atoms with Crippen molar-refractivity contribution in [3.05, 3.63) is 29.3 Å². The van der Waals surface area contributed by atoms with Crippen molar-refractivity contribution >= 4 is 11.8 Å². The number of thioether (sulfide) groups is 1. The Balaban J connectivity index is 3.01. The van der Waals surface area contributed by atoms with E-state index in [1.54, 1.807) is 0 Å². The van der Waals surface area contributed by atoms with Gasteiger partial charge in [0.25, 0.3) is 0 Å². The highest BCUT2D eigenvalue weighted by molar-refractivity contribution is 8.00. The van der Waals surface area contributed by atoms with E-state index >= 15 is 0 Å². The van der Waals surface area contributed by atoms with Crippen molar-refractivity contribution in [2.24, 2.45) is 0 Å². The first kappa shape index (κ1) is 13.6. The van der Waals surface area contributed by atoms with Gasteiger partial charge in [-0.3, -0.25) is 0 Å². The van der Waals surface area contributed by atoms with Crippen LogP contribution in [-0.2, 0) is 5.41 Å². The third-order valence-electron chi connectivity index (χ3n) is 2.46. The molecule has 0 radical (unpaired) electrons. The predicted octanol–water partition coefficient (Wildman–Crippen LogP) is 5.18. The summed E-state index contributed by atoms with van der Waals surface area (Å²) in [5.41, 5.74) is 3.06. The van der Waals surface area contributed by atoms with E-state index in [1.165, 1.54) is 16.0 Å². The molecule has 0 atom stereocenters. The first-order valence-electron chi connectivity index (χ1n) is 5.90. The largest absolute Gasteiger partial charge is 0.120 e. The molecule has 0 spiro atoms. The molecule has 90 valence electrons. The summed E-state index contributed by atoms with van der Waals surface area (Å²) in [6.07, 6.45) is 0. The average molecular weight is 236 g/mol. The summed E-state index contributed by atoms with van der Waals surface area (Å²) in [5, 5.41) is 0. The van der Waals surface area contributed by atoms with Gasteiger partial charge in [-0.15, -0.1) is 11.8 Å². The lowest BCUT2D eigenvalue weighted by Gasteiger charge is -2.23. The highest BCUT2D eigenvalue weighted by Gasteiger charge is 2.17. The second-order valence-corrected chi connectivity index (χ2v) is 8.31. The number of benzene rings is 1. The van der Waals surface area contributed by atoms with E-state index in [1.807, 2.05) is 11.8 Å². The molecule has 0 aliphatic rings. The van der Waals surface area contributed by atoms with E-state index in [4.69, 9.17) is 0 Å². The smallest absolute Gasteiger partial charge is 0.0122 e. The van der Waals surface area contributed by atoms with Gasteiger partial charge in [-0.05, 0) is 29.5 Å². The van der Waals surface area contributed by atoms with Crippen LogP contribution < -0.4 is 0 Å². The van der Waals surface area contributed by atoms with E-state index in [2.05, 4.69) is 66.7 Å². The maximum Gasteiger partial charge on any atom is 0.0122 e. The Labute approximate surface area is 105 Å². The molecule has 0 saturated heterocycles. The Morgan fingerprint density at radius 2 is 1.50 bits per heavy atom. The lowest BCUT2D eigenvalue weighted by atomic mass is 9.86. The van der Waals surface area contributed by atoms with Gasteiger partial charge < -0.3 is 0 Å². The van der Waals surface area contributed by atoms with Crippen molar-refractivity contribution in [2.45, 2.75) is 63.5 Å². The first-order valence-corrected chi connectivity index (χ1v) is 6.71. The van der Waals surface area contributed by atoms with Gasteiger partial charge in [0.05, 0.1) is 0 Å². The molecule has 16 heavy (non-hydrogen) atoms. The van der Waals surface area contributed by atoms with E-state index in [0.717, 1.165) is 0 Å². The summed E-state index contributed by atoms with van der Waals surface area (Å²) >= 11 is 1.95. The van der Waals surface area contributed by atoms with Crippen molar-refractivity contribution in [1.82, 2.24) is 0 Å². The predicted molar refractivity (Wildman–Crippen MR) is 75.5 cm³/mol. The van der Waals surface area contributed by atoms with Gasteiger partial charge in [-0.1, -0.05) is 53.7 Å². The summed E-state index contributed by atoms with van der Waals surface area (Å²) in [6.45, 7) is 15.8. The monoisotopic (exact) mass is 236 g/mol. The molecular formula is C15H24S. The van der Waals surface area contributed by atoms with Gasteiger partial charge in [-0.2, -0.15) is 0 Å². The standard InChI is InChI=1S/C15H24S/c1-11-10-12(14(2,3)4)8-9-13(11)16-15(5,6)7/h8-10H,1-7H3. The van der Waals surface area contributed by atoms with E-state index in [0.29, 0.717) is 0 Å². The van der Waals surface area contributed by atoms with E-state index < -0.39 is 0 Å². The van der Waals surface area contributed by atoms with Crippen LogP contribution in [0.2, 0.25) is 0 Å². The summed E-state index contributed by atoms with van der Waals surface area (Å²) in [6, 6.07) is 6.86. The molecule has 0 unspecified atom stereocenters. The Morgan fingerprint density at radius 1 is 0.938 bits per heavy atom. The molecule has 0 amide bonds. The number of hydrogen-bond acceptors (Lipinski definition) is 1. The molecule has 0 aliphatic heterocycles. The van der Waals surface area contributed by atoms with Crippen LogP contribution in [0.5, 0.6) is 0 Å². The van der Waals surface area contributed by atoms with Crippen molar-refractivity contribution in [1.29, 1.82) is 0 Å². The normalized spacial score (nSPS) is 12.9. The zero-order valence-electron chi connectivity index (χ0n) is 11.6. The van der Waals surface area contributed by atoms with Crippen molar-refractivity contribution in [2.75, 3.05) is 0 Å². The molecule has 0 nitrogen and oxygen atoms in total. The van der Waals surface area contributed by atoms with Gasteiger partial charge in [-0.25, -0.2) is 0 Å². The second-order valence-electron chi connectivity index (χ2n) is 6.44. The Morgan fingerprint density at radius 3 is 1.88 bits per heavy atom. The zero-order valence-corrected chi connectivity index (χ0v) is 12.5. The molecule has 1 heteroatoms. The highest BCUT2D eigenvalue weighted by atomic mass is 32.2. The first-order chi connectivity index (χ1) is 7.09. The molecule has 0 saturated carbocycles. The van der Waals surface area contributed by atoms with Gasteiger partial charge in [0, 0.05) is 9.64 Å². The Kier molecular flexibility index (Phi) is 3.79. The fraction of sp³-hybridized carbons (Fsp3) is 0.600. The summed E-state index contributed by atoms with van der Waals surface area (Å²) < 4.78 is 0.286. The third-order valence-corrected chi connectivity index (χ3v) is 3.75. The Hall–Kier alpha value is -0.430. The number of aryl methyl sites for hydroxylation is 1. The lowest BCUT2D eigenvalue weighted by molar-refractivity contribution is 0.589. The van der Waals surface area contributed by atoms with Crippen LogP contribution in [0.3, 0.4) is 0 Å². The minimum absolute atomic E-state index is 0.246. The van der Waals surface area contributed by atoms with Crippen LogP contribution in [-0.4, -0.2) is 4.75 Å². The Bertz CT molecular complexity index is 364. The van der Waals surface area contributed by atoms with Crippen LogP contribution in [0.25, 0.3) is 0 Å². The molecule has 1 rings (SSSR count). The van der Waals surface area contributed by atoms with Crippen LogP contribution in [0, 0.1) is 6.92 Å². The van der Waals surface area contributed by atoms with Gasteiger partial charge >= 0.3 is 0 Å². The van der Waals surface area contributed by atoms with Crippen LogP contribution in [0.1, 0.15) is 52.7 Å². The van der Waals surface area contributed by atoms with Gasteiger partial charge in [0.15, 0.2) is 0 Å². The summed E-state index contributed by atoms with van der Waals surface area (Å²) in [7, 11) is 0. The van der Waals surface area contributed by atoms with Crippen molar-refractivity contribution in [3.8, 4) is 0 Å². The van der Waals surface area contributed by atoms with Crippen LogP contribution in [0.4, 0.5) is 0 Å². The van der Waals surface area contributed by atoms with Gasteiger partial charge in [0.2, 0.25) is 0 Å². The van der Waals surface area contributed by atoms with Crippen molar-refractivity contribution < 1.29 is 0 Å². The van der Waals surface area contributed by atoms with Crippen LogP contribution in [0.15, 0.2) is 23.1 Å². The molecule has 0 aliphatic carbocycles.